The molecule has 5 nitrogen and oxygen atoms in total. The molecule has 0 saturated carbocycles. The molecular formula is C21H27NO4S2. The van der Waals surface area contributed by atoms with E-state index in [1.165, 1.54) is 12.6 Å². The average molecular weight is 422 g/mol. The fraction of sp³-hybridized carbons (Fsp3) is 0.429. The molecule has 0 spiro atoms. The van der Waals surface area contributed by atoms with Gasteiger partial charge in [0.2, 0.25) is 10.0 Å². The van der Waals surface area contributed by atoms with Crippen LogP contribution in [0.2, 0.25) is 0 Å². The minimum absolute atomic E-state index is 0.0700. The lowest BCUT2D eigenvalue weighted by Gasteiger charge is -2.15. The number of rotatable bonds is 7. The van der Waals surface area contributed by atoms with E-state index < -0.39 is 19.9 Å². The van der Waals surface area contributed by atoms with E-state index in [9.17, 15) is 16.8 Å². The maximum Gasteiger partial charge on any atom is 0.240 e. The third-order valence-corrected chi connectivity index (χ3v) is 9.16. The molecule has 152 valence electrons. The molecule has 1 unspecified atom stereocenters. The van der Waals surface area contributed by atoms with Crippen molar-refractivity contribution in [2.45, 2.75) is 49.2 Å². The molecule has 1 aliphatic rings. The lowest BCUT2D eigenvalue weighted by atomic mass is 9.98. The van der Waals surface area contributed by atoms with Crippen LogP contribution in [0.15, 0.2) is 47.4 Å². The quantitative estimate of drug-likeness (QED) is 0.745. The van der Waals surface area contributed by atoms with E-state index in [1.54, 1.807) is 32.0 Å². The standard InChI is InChI=1S/C21H27NO4S2/c1-15(2)27(23,24)14-19-9-8-18-12-17(7-10-21(18)19)11-16-5-4-6-20(13-16)28(25,26)22-3/h4-7,10,12-13,15,19,22H,8-9,11,14H2,1-3H3. The van der Waals surface area contributed by atoms with E-state index in [-0.39, 0.29) is 21.8 Å². The molecule has 0 aromatic heterocycles. The predicted octanol–water partition coefficient (Wildman–Crippen LogP) is 3.04. The van der Waals surface area contributed by atoms with Crippen molar-refractivity contribution >= 4 is 19.9 Å². The summed E-state index contributed by atoms with van der Waals surface area (Å²) >= 11 is 0. The number of nitrogens with one attached hydrogen (secondary N) is 1. The summed E-state index contributed by atoms with van der Waals surface area (Å²) in [4.78, 5) is 0.257. The molecular weight excluding hydrogens is 394 g/mol. The molecule has 0 bridgehead atoms. The number of aryl methyl sites for hydroxylation is 1. The summed E-state index contributed by atoms with van der Waals surface area (Å²) in [6, 6.07) is 13.1. The fourth-order valence-corrected chi connectivity index (χ4v) is 5.78. The van der Waals surface area contributed by atoms with Crippen molar-refractivity contribution in [3.05, 3.63) is 64.7 Å². The molecule has 0 aliphatic heterocycles. The topological polar surface area (TPSA) is 80.3 Å². The summed E-state index contributed by atoms with van der Waals surface area (Å²) in [5.41, 5.74) is 4.37. The average Bonchev–Trinajstić information content (AvgIpc) is 3.03. The fourth-order valence-electron chi connectivity index (χ4n) is 3.69. The molecule has 3 rings (SSSR count). The van der Waals surface area contributed by atoms with Crippen LogP contribution in [0.4, 0.5) is 0 Å². The number of benzene rings is 2. The van der Waals surface area contributed by atoms with Crippen LogP contribution in [0.3, 0.4) is 0 Å². The predicted molar refractivity (Wildman–Crippen MR) is 112 cm³/mol. The van der Waals surface area contributed by atoms with Gasteiger partial charge in [0.05, 0.1) is 15.9 Å². The molecule has 2 aromatic rings. The van der Waals surface area contributed by atoms with E-state index in [2.05, 4.69) is 10.8 Å². The van der Waals surface area contributed by atoms with E-state index in [0.29, 0.717) is 6.42 Å². The van der Waals surface area contributed by atoms with Crippen molar-refractivity contribution < 1.29 is 16.8 Å². The van der Waals surface area contributed by atoms with Gasteiger partial charge in [0, 0.05) is 0 Å². The maximum absolute atomic E-state index is 12.3. The monoisotopic (exact) mass is 421 g/mol. The Kier molecular flexibility index (Phi) is 5.98. The molecule has 1 atom stereocenters. The Balaban J connectivity index is 1.80. The van der Waals surface area contributed by atoms with Gasteiger partial charge in [0.25, 0.3) is 0 Å². The SMILES string of the molecule is CNS(=O)(=O)c1cccc(Cc2ccc3c(c2)CCC3CS(=O)(=O)C(C)C)c1. The zero-order valence-corrected chi connectivity index (χ0v) is 18.1. The first-order valence-corrected chi connectivity index (χ1v) is 12.7. The number of sulfonamides is 1. The minimum Gasteiger partial charge on any atom is -0.229 e. The normalized spacial score (nSPS) is 17.1. The molecule has 0 heterocycles. The third-order valence-electron chi connectivity index (χ3n) is 5.45. The van der Waals surface area contributed by atoms with Crippen LogP contribution in [0.25, 0.3) is 0 Å². The highest BCUT2D eigenvalue weighted by atomic mass is 32.2. The number of hydrogen-bond donors (Lipinski definition) is 1. The number of sulfone groups is 1. The Hall–Kier alpha value is -1.70. The maximum atomic E-state index is 12.3. The summed E-state index contributed by atoms with van der Waals surface area (Å²) in [5, 5.41) is -0.350. The van der Waals surface area contributed by atoms with Crippen LogP contribution in [0.1, 0.15) is 48.4 Å². The second-order valence-corrected chi connectivity index (χ2v) is 12.2. The Labute approximate surface area is 168 Å². The summed E-state index contributed by atoms with van der Waals surface area (Å²) in [7, 11) is -5.13. The second kappa shape index (κ2) is 7.97. The largest absolute Gasteiger partial charge is 0.240 e. The lowest BCUT2D eigenvalue weighted by Crippen LogP contribution is -2.21. The van der Waals surface area contributed by atoms with Gasteiger partial charge in [-0.3, -0.25) is 0 Å². The number of hydrogen-bond acceptors (Lipinski definition) is 4. The van der Waals surface area contributed by atoms with Crippen LogP contribution < -0.4 is 4.72 Å². The Bertz CT molecular complexity index is 1070. The summed E-state index contributed by atoms with van der Waals surface area (Å²) in [5.74, 6) is 0.279. The zero-order valence-electron chi connectivity index (χ0n) is 16.5. The van der Waals surface area contributed by atoms with Crippen LogP contribution in [-0.4, -0.2) is 34.9 Å². The van der Waals surface area contributed by atoms with Gasteiger partial charge < -0.3 is 0 Å². The summed E-state index contributed by atoms with van der Waals surface area (Å²) in [6.45, 7) is 3.47. The van der Waals surface area contributed by atoms with Gasteiger partial charge in [-0.05, 0) is 80.5 Å². The third kappa shape index (κ3) is 4.47. The van der Waals surface area contributed by atoms with Crippen LogP contribution in [0.5, 0.6) is 0 Å². The van der Waals surface area contributed by atoms with E-state index in [4.69, 9.17) is 0 Å². The second-order valence-electron chi connectivity index (χ2n) is 7.68. The zero-order chi connectivity index (χ0) is 20.5. The van der Waals surface area contributed by atoms with E-state index in [1.807, 2.05) is 18.2 Å². The van der Waals surface area contributed by atoms with Crippen molar-refractivity contribution in [1.82, 2.24) is 4.72 Å². The summed E-state index contributed by atoms with van der Waals surface area (Å²) < 4.78 is 50.9. The molecule has 1 aliphatic carbocycles. The Morgan fingerprint density at radius 1 is 1.04 bits per heavy atom. The van der Waals surface area contributed by atoms with Gasteiger partial charge >= 0.3 is 0 Å². The highest BCUT2D eigenvalue weighted by Gasteiger charge is 2.29. The Morgan fingerprint density at radius 2 is 1.75 bits per heavy atom. The first-order valence-electron chi connectivity index (χ1n) is 9.48. The van der Waals surface area contributed by atoms with Crippen molar-refractivity contribution in [1.29, 1.82) is 0 Å². The van der Waals surface area contributed by atoms with Gasteiger partial charge in [0.15, 0.2) is 9.84 Å². The minimum atomic E-state index is -3.46. The molecule has 28 heavy (non-hydrogen) atoms. The highest BCUT2D eigenvalue weighted by Crippen LogP contribution is 2.35. The first kappa shape index (κ1) is 21.0. The molecule has 0 saturated heterocycles. The smallest absolute Gasteiger partial charge is 0.229 e. The van der Waals surface area contributed by atoms with Gasteiger partial charge in [-0.15, -0.1) is 0 Å². The highest BCUT2D eigenvalue weighted by molar-refractivity contribution is 7.92. The van der Waals surface area contributed by atoms with Crippen LogP contribution >= 0.6 is 0 Å². The van der Waals surface area contributed by atoms with Crippen molar-refractivity contribution in [3.63, 3.8) is 0 Å². The van der Waals surface area contributed by atoms with Crippen LogP contribution in [-0.2, 0) is 32.7 Å². The van der Waals surface area contributed by atoms with Crippen molar-refractivity contribution in [2.24, 2.45) is 0 Å². The van der Waals surface area contributed by atoms with E-state index >= 15 is 0 Å². The van der Waals surface area contributed by atoms with Crippen molar-refractivity contribution in [2.75, 3.05) is 12.8 Å². The Morgan fingerprint density at radius 3 is 2.43 bits per heavy atom. The molecule has 0 amide bonds. The first-order chi connectivity index (χ1) is 13.1. The number of fused-ring (bicyclic) bond motifs is 1. The van der Waals surface area contributed by atoms with E-state index in [0.717, 1.165) is 29.5 Å². The molecule has 2 aromatic carbocycles. The van der Waals surface area contributed by atoms with Crippen molar-refractivity contribution in [3.8, 4) is 0 Å². The van der Waals surface area contributed by atoms with Gasteiger partial charge in [0.1, 0.15) is 0 Å². The molecule has 1 N–H and O–H groups in total. The molecule has 7 heteroatoms. The van der Waals surface area contributed by atoms with Crippen LogP contribution in [0, 0.1) is 0 Å². The lowest BCUT2D eigenvalue weighted by molar-refractivity contribution is 0.577. The van der Waals surface area contributed by atoms with Gasteiger partial charge in [-0.1, -0.05) is 30.3 Å². The van der Waals surface area contributed by atoms with Gasteiger partial charge in [-0.2, -0.15) is 0 Å². The molecule has 0 fully saturated rings. The summed E-state index contributed by atoms with van der Waals surface area (Å²) in [6.07, 6.45) is 2.38. The van der Waals surface area contributed by atoms with Gasteiger partial charge in [-0.25, -0.2) is 21.6 Å². The molecule has 0 radical (unpaired) electrons.